The second kappa shape index (κ2) is 13.4. The van der Waals surface area contributed by atoms with Crippen LogP contribution in [0.25, 0.3) is 0 Å². The molecule has 39 heavy (non-hydrogen) atoms. The second-order valence-corrected chi connectivity index (χ2v) is 12.0. The molecular weight excluding hydrogens is 510 g/mol. The molecule has 3 aromatic rings. The first kappa shape index (κ1) is 29.9. The van der Waals surface area contributed by atoms with E-state index in [1.54, 1.807) is 11.9 Å². The monoisotopic (exact) mass is 549 g/mol. The Morgan fingerprint density at radius 1 is 0.846 bits per heavy atom. The van der Waals surface area contributed by atoms with Crippen molar-refractivity contribution in [3.8, 4) is 0 Å². The van der Waals surface area contributed by atoms with E-state index < -0.39 is 16.1 Å². The van der Waals surface area contributed by atoms with E-state index in [1.165, 1.54) is 10.6 Å². The lowest BCUT2D eigenvalue weighted by Gasteiger charge is -2.31. The molecule has 0 saturated heterocycles. The van der Waals surface area contributed by atoms with Gasteiger partial charge in [-0.05, 0) is 61.6 Å². The average Bonchev–Trinajstić information content (AvgIpc) is 2.88. The normalized spacial score (nSPS) is 12.0. The first-order valence-electron chi connectivity index (χ1n) is 13.1. The first-order valence-corrected chi connectivity index (χ1v) is 15.0. The summed E-state index contributed by atoms with van der Waals surface area (Å²) in [5.41, 5.74) is 5.50. The Balaban J connectivity index is 1.85. The number of nitrogens with one attached hydrogen (secondary N) is 1. The van der Waals surface area contributed by atoms with Crippen molar-refractivity contribution in [2.24, 2.45) is 0 Å². The van der Waals surface area contributed by atoms with Gasteiger partial charge in [0.2, 0.25) is 21.8 Å². The van der Waals surface area contributed by atoms with Gasteiger partial charge in [0.1, 0.15) is 6.04 Å². The molecule has 0 unspecified atom stereocenters. The zero-order chi connectivity index (χ0) is 28.6. The summed E-state index contributed by atoms with van der Waals surface area (Å²) < 4.78 is 26.7. The highest BCUT2D eigenvalue weighted by Crippen LogP contribution is 2.23. The number of rotatable bonds is 12. The van der Waals surface area contributed by atoms with Gasteiger partial charge in [-0.25, -0.2) is 8.42 Å². The number of nitrogens with zero attached hydrogens (tertiary/aromatic N) is 2. The Labute approximate surface area is 232 Å². The summed E-state index contributed by atoms with van der Waals surface area (Å²) in [4.78, 5) is 28.4. The van der Waals surface area contributed by atoms with Gasteiger partial charge < -0.3 is 10.2 Å². The van der Waals surface area contributed by atoms with Crippen LogP contribution in [0.4, 0.5) is 5.69 Å². The fourth-order valence-electron chi connectivity index (χ4n) is 4.71. The smallest absolute Gasteiger partial charge is 0.242 e. The van der Waals surface area contributed by atoms with Gasteiger partial charge in [-0.2, -0.15) is 0 Å². The van der Waals surface area contributed by atoms with Crippen LogP contribution in [0.15, 0.2) is 72.8 Å². The van der Waals surface area contributed by atoms with Gasteiger partial charge in [-0.15, -0.1) is 0 Å². The molecule has 0 spiro atoms. The third-order valence-corrected chi connectivity index (χ3v) is 7.83. The number of hydrogen-bond donors (Lipinski definition) is 1. The van der Waals surface area contributed by atoms with Crippen LogP contribution in [0.5, 0.6) is 0 Å². The van der Waals surface area contributed by atoms with Crippen molar-refractivity contribution < 1.29 is 18.0 Å². The van der Waals surface area contributed by atoms with E-state index in [1.807, 2.05) is 93.6 Å². The molecule has 0 saturated carbocycles. The molecule has 0 aliphatic heterocycles. The van der Waals surface area contributed by atoms with Gasteiger partial charge in [-0.1, -0.05) is 66.2 Å². The lowest BCUT2D eigenvalue weighted by atomic mass is 10.0. The lowest BCUT2D eigenvalue weighted by Crippen LogP contribution is -2.49. The topological polar surface area (TPSA) is 86.8 Å². The molecule has 0 heterocycles. The Hall–Kier alpha value is -3.65. The number of carbonyl (C=O) groups is 2. The van der Waals surface area contributed by atoms with Gasteiger partial charge >= 0.3 is 0 Å². The molecule has 0 aliphatic rings. The Morgan fingerprint density at radius 3 is 2.03 bits per heavy atom. The van der Waals surface area contributed by atoms with Gasteiger partial charge in [0.25, 0.3) is 0 Å². The summed E-state index contributed by atoms with van der Waals surface area (Å²) in [5.74, 6) is -0.443. The van der Waals surface area contributed by atoms with Crippen LogP contribution in [0.3, 0.4) is 0 Å². The summed E-state index contributed by atoms with van der Waals surface area (Å²) in [5, 5.41) is 2.72. The molecule has 1 atom stereocenters. The average molecular weight is 550 g/mol. The van der Waals surface area contributed by atoms with Gasteiger partial charge in [-0.3, -0.25) is 13.9 Å². The minimum absolute atomic E-state index is 0.102. The molecule has 3 rings (SSSR count). The predicted octanol–water partition coefficient (Wildman–Crippen LogP) is 4.54. The molecule has 8 heteroatoms. The molecule has 2 amide bonds. The first-order chi connectivity index (χ1) is 18.5. The zero-order valence-corrected chi connectivity index (χ0v) is 24.3. The number of aryl methyl sites for hydroxylation is 3. The van der Waals surface area contributed by atoms with E-state index in [0.717, 1.165) is 27.8 Å². The fourth-order valence-corrected chi connectivity index (χ4v) is 5.66. The van der Waals surface area contributed by atoms with E-state index in [4.69, 9.17) is 0 Å². The lowest BCUT2D eigenvalue weighted by molar-refractivity contribution is -0.141. The summed E-state index contributed by atoms with van der Waals surface area (Å²) in [6.07, 6.45) is 1.97. The van der Waals surface area contributed by atoms with Gasteiger partial charge in [0.15, 0.2) is 0 Å². The van der Waals surface area contributed by atoms with Crippen molar-refractivity contribution in [3.05, 3.63) is 101 Å². The minimum Gasteiger partial charge on any atom is -0.357 e. The van der Waals surface area contributed by atoms with Crippen molar-refractivity contribution in [2.75, 3.05) is 24.2 Å². The number of hydrogen-bond acceptors (Lipinski definition) is 4. The zero-order valence-electron chi connectivity index (χ0n) is 23.5. The summed E-state index contributed by atoms with van der Waals surface area (Å²) >= 11 is 0. The predicted molar refractivity (Wildman–Crippen MR) is 157 cm³/mol. The number of anilines is 1. The van der Waals surface area contributed by atoms with Crippen LogP contribution in [0.1, 0.15) is 40.7 Å². The van der Waals surface area contributed by atoms with Crippen LogP contribution < -0.4 is 9.62 Å². The molecule has 0 aromatic heterocycles. The highest BCUT2D eigenvalue weighted by Gasteiger charge is 2.30. The van der Waals surface area contributed by atoms with E-state index in [0.29, 0.717) is 18.5 Å². The van der Waals surface area contributed by atoms with Crippen molar-refractivity contribution in [1.82, 2.24) is 10.2 Å². The quantitative estimate of drug-likeness (QED) is 0.359. The maximum absolute atomic E-state index is 13.7. The molecule has 0 bridgehead atoms. The number of amides is 2. The number of carbonyl (C=O) groups excluding carboxylic acids is 2. The highest BCUT2D eigenvalue weighted by molar-refractivity contribution is 7.92. The van der Waals surface area contributed by atoms with Crippen LogP contribution >= 0.6 is 0 Å². The van der Waals surface area contributed by atoms with Gasteiger partial charge in [0.05, 0.1) is 11.9 Å². The standard InChI is InChI=1S/C31H39N3O4S/c1-23-13-15-27(16-14-23)22-33(29(31(36)32-4)21-26-10-7-6-8-11-26)30(35)12-9-17-34(39(5,37)38)28-19-24(2)18-25(3)20-28/h6-8,10-11,13-16,18-20,29H,9,12,17,21-22H2,1-5H3,(H,32,36)/t29-/m1/s1. The summed E-state index contributed by atoms with van der Waals surface area (Å²) in [6.45, 7) is 6.29. The fraction of sp³-hybridized carbons (Fsp3) is 0.355. The number of likely N-dealkylation sites (N-methyl/N-ethyl adjacent to an activating group) is 1. The number of benzene rings is 3. The molecule has 0 aliphatic carbocycles. The molecule has 1 N–H and O–H groups in total. The molecule has 208 valence electrons. The molecule has 7 nitrogen and oxygen atoms in total. The van der Waals surface area contributed by atoms with Crippen molar-refractivity contribution in [2.45, 2.75) is 52.6 Å². The second-order valence-electron chi connectivity index (χ2n) is 10.1. The van der Waals surface area contributed by atoms with E-state index in [-0.39, 0.29) is 31.3 Å². The highest BCUT2D eigenvalue weighted by atomic mass is 32.2. The third kappa shape index (κ3) is 8.68. The van der Waals surface area contributed by atoms with Crippen LogP contribution in [-0.4, -0.2) is 51.0 Å². The summed E-state index contributed by atoms with van der Waals surface area (Å²) in [6, 6.07) is 22.5. The Bertz CT molecular complexity index is 1350. The molecule has 0 radical (unpaired) electrons. The van der Waals surface area contributed by atoms with Crippen LogP contribution in [0, 0.1) is 20.8 Å². The van der Waals surface area contributed by atoms with E-state index >= 15 is 0 Å². The molecule has 0 fully saturated rings. The Kier molecular flexibility index (Phi) is 10.3. The maximum Gasteiger partial charge on any atom is 0.242 e. The molecular formula is C31H39N3O4S. The number of sulfonamides is 1. The van der Waals surface area contributed by atoms with E-state index in [2.05, 4.69) is 5.32 Å². The van der Waals surface area contributed by atoms with Crippen LogP contribution in [0.2, 0.25) is 0 Å². The van der Waals surface area contributed by atoms with Crippen molar-refractivity contribution in [3.63, 3.8) is 0 Å². The summed E-state index contributed by atoms with van der Waals surface area (Å²) in [7, 11) is -1.98. The molecule has 3 aromatic carbocycles. The minimum atomic E-state index is -3.55. The maximum atomic E-state index is 13.7. The van der Waals surface area contributed by atoms with Gasteiger partial charge in [0, 0.05) is 33.0 Å². The third-order valence-electron chi connectivity index (χ3n) is 6.64. The SMILES string of the molecule is CNC(=O)[C@@H](Cc1ccccc1)N(Cc1ccc(C)cc1)C(=O)CCCN(c1cc(C)cc(C)c1)S(C)(=O)=O. The largest absolute Gasteiger partial charge is 0.357 e. The van der Waals surface area contributed by atoms with Crippen molar-refractivity contribution >= 4 is 27.5 Å². The van der Waals surface area contributed by atoms with E-state index in [9.17, 15) is 18.0 Å². The van der Waals surface area contributed by atoms with Crippen LogP contribution in [-0.2, 0) is 32.6 Å². The van der Waals surface area contributed by atoms with Crippen molar-refractivity contribution in [1.29, 1.82) is 0 Å². The Morgan fingerprint density at radius 2 is 1.46 bits per heavy atom.